The van der Waals surface area contributed by atoms with Crippen LogP contribution >= 0.6 is 11.6 Å². The predicted molar refractivity (Wildman–Crippen MR) is 127 cm³/mol. The molecule has 36 heavy (non-hydrogen) atoms. The molecule has 7 nitrogen and oxygen atoms in total. The highest BCUT2D eigenvalue weighted by atomic mass is 35.5. The van der Waals surface area contributed by atoms with E-state index in [0.717, 1.165) is 22.1 Å². The number of aromatic nitrogens is 3. The average Bonchev–Trinajstić information content (AvgIpc) is 3.26. The molecule has 2 aromatic heterocycles. The van der Waals surface area contributed by atoms with E-state index in [1.807, 2.05) is 13.1 Å². The number of hydrogen-bond acceptors (Lipinski definition) is 4. The Hall–Kier alpha value is -4.05. The number of pyridine rings is 1. The largest absolute Gasteiger partial charge is 0.495 e. The van der Waals surface area contributed by atoms with E-state index in [-0.39, 0.29) is 22.6 Å². The number of halogens is 4. The molecular weight excluding hydrogens is 497 g/mol. The molecule has 2 N–H and O–H groups in total. The Morgan fingerprint density at radius 1 is 1.14 bits per heavy atom. The summed E-state index contributed by atoms with van der Waals surface area (Å²) in [7, 11) is 1.51. The lowest BCUT2D eigenvalue weighted by atomic mass is 10.0. The van der Waals surface area contributed by atoms with Gasteiger partial charge >= 0.3 is 0 Å². The van der Waals surface area contributed by atoms with Crippen molar-refractivity contribution in [1.82, 2.24) is 14.1 Å². The summed E-state index contributed by atoms with van der Waals surface area (Å²) in [6.07, 6.45) is 4.70. The van der Waals surface area contributed by atoms with Crippen molar-refractivity contribution in [3.63, 3.8) is 0 Å². The Balaban J connectivity index is 1.76. The number of primary amides is 1. The Bertz CT molecular complexity index is 1510. The van der Waals surface area contributed by atoms with E-state index in [9.17, 15) is 22.8 Å². The lowest BCUT2D eigenvalue weighted by molar-refractivity contribution is -0.120. The first-order chi connectivity index (χ1) is 17.1. The van der Waals surface area contributed by atoms with E-state index >= 15 is 0 Å². The van der Waals surface area contributed by atoms with Gasteiger partial charge in [0.2, 0.25) is 5.91 Å². The number of nitrogens with zero attached hydrogens (tertiary/aromatic N) is 3. The summed E-state index contributed by atoms with van der Waals surface area (Å²) in [6.45, 7) is 1.86. The van der Waals surface area contributed by atoms with Gasteiger partial charge in [0.05, 0.1) is 29.8 Å². The standard InChI is InChI=1S/C25H20ClF3N4O3/c1-13-10-32(12-31-13)20-4-3-14(6-21(20)36-2)5-16-7-17(26)11-33(25(16)35)23(24(30)34)15-8-18(27)22(29)19(28)9-15/h3-4,6-12,23H,5H2,1-2H3,(H2,30,34). The second kappa shape index (κ2) is 9.90. The van der Waals surface area contributed by atoms with E-state index in [1.165, 1.54) is 13.2 Å². The van der Waals surface area contributed by atoms with E-state index in [1.54, 1.807) is 29.1 Å². The Morgan fingerprint density at radius 2 is 1.83 bits per heavy atom. The number of hydrogen-bond donors (Lipinski definition) is 1. The second-order valence-corrected chi connectivity index (χ2v) is 8.54. The van der Waals surface area contributed by atoms with Gasteiger partial charge in [0.25, 0.3) is 5.56 Å². The van der Waals surface area contributed by atoms with Gasteiger partial charge in [-0.05, 0) is 48.4 Å². The number of imidazole rings is 1. The summed E-state index contributed by atoms with van der Waals surface area (Å²) in [6, 6.07) is 6.35. The third-order valence-electron chi connectivity index (χ3n) is 5.58. The van der Waals surface area contributed by atoms with Gasteiger partial charge in [-0.15, -0.1) is 0 Å². The first-order valence-corrected chi connectivity index (χ1v) is 11.0. The highest BCUT2D eigenvalue weighted by Crippen LogP contribution is 2.27. The maximum atomic E-state index is 13.9. The van der Waals surface area contributed by atoms with Crippen LogP contribution in [-0.2, 0) is 11.2 Å². The number of ether oxygens (including phenoxy) is 1. The van der Waals surface area contributed by atoms with Crippen molar-refractivity contribution in [2.75, 3.05) is 7.11 Å². The lowest BCUT2D eigenvalue weighted by Gasteiger charge is -2.19. The topological polar surface area (TPSA) is 92.1 Å². The molecular formula is C25H20ClF3N4O3. The quantitative estimate of drug-likeness (QED) is 0.375. The molecule has 1 atom stereocenters. The molecule has 0 saturated heterocycles. The van der Waals surface area contributed by atoms with Gasteiger partial charge in [-0.25, -0.2) is 18.2 Å². The zero-order valence-corrected chi connectivity index (χ0v) is 19.9. The molecule has 2 aromatic carbocycles. The molecule has 186 valence electrons. The second-order valence-electron chi connectivity index (χ2n) is 8.10. The molecule has 0 aliphatic carbocycles. The van der Waals surface area contributed by atoms with Crippen molar-refractivity contribution < 1.29 is 22.7 Å². The van der Waals surface area contributed by atoms with Crippen molar-refractivity contribution in [2.45, 2.75) is 19.4 Å². The van der Waals surface area contributed by atoms with Crippen LogP contribution in [0, 0.1) is 24.4 Å². The third-order valence-corrected chi connectivity index (χ3v) is 5.79. The monoisotopic (exact) mass is 516 g/mol. The van der Waals surface area contributed by atoms with E-state index in [4.69, 9.17) is 22.1 Å². The highest BCUT2D eigenvalue weighted by Gasteiger charge is 2.26. The fraction of sp³-hybridized carbons (Fsp3) is 0.160. The fourth-order valence-corrected chi connectivity index (χ4v) is 4.19. The number of aryl methyl sites for hydroxylation is 1. The summed E-state index contributed by atoms with van der Waals surface area (Å²) in [4.78, 5) is 29.8. The molecule has 1 amide bonds. The van der Waals surface area contributed by atoms with Gasteiger partial charge in [-0.1, -0.05) is 17.7 Å². The number of benzene rings is 2. The van der Waals surface area contributed by atoms with Crippen molar-refractivity contribution in [1.29, 1.82) is 0 Å². The molecule has 4 aromatic rings. The van der Waals surface area contributed by atoms with Crippen molar-refractivity contribution >= 4 is 17.5 Å². The Kier molecular flexibility index (Phi) is 6.89. The van der Waals surface area contributed by atoms with E-state index < -0.39 is 35.0 Å². The maximum Gasteiger partial charge on any atom is 0.255 e. The molecule has 0 radical (unpaired) electrons. The molecule has 11 heteroatoms. The van der Waals surface area contributed by atoms with Gasteiger partial charge < -0.3 is 15.0 Å². The van der Waals surface area contributed by atoms with Gasteiger partial charge in [0, 0.05) is 24.4 Å². The van der Waals surface area contributed by atoms with Crippen LogP contribution in [0.4, 0.5) is 13.2 Å². The van der Waals surface area contributed by atoms with Gasteiger partial charge in [-0.3, -0.25) is 14.2 Å². The number of carbonyl (C=O) groups excluding carboxylic acids is 1. The van der Waals surface area contributed by atoms with Crippen LogP contribution in [0.1, 0.15) is 28.4 Å². The van der Waals surface area contributed by atoms with E-state index in [0.29, 0.717) is 23.4 Å². The number of rotatable bonds is 7. The van der Waals surface area contributed by atoms with Gasteiger partial charge in [-0.2, -0.15) is 0 Å². The molecule has 0 fully saturated rings. The minimum atomic E-state index is -1.70. The minimum absolute atomic E-state index is 0.0800. The summed E-state index contributed by atoms with van der Waals surface area (Å²) in [5, 5.41) is 0.0800. The minimum Gasteiger partial charge on any atom is -0.495 e. The number of carbonyl (C=O) groups is 1. The van der Waals surface area contributed by atoms with Crippen molar-refractivity contribution in [2.24, 2.45) is 5.73 Å². The Labute approximate surface area is 208 Å². The first kappa shape index (κ1) is 25.1. The Morgan fingerprint density at radius 3 is 2.42 bits per heavy atom. The molecule has 0 aliphatic rings. The van der Waals surface area contributed by atoms with Crippen LogP contribution in [0.25, 0.3) is 5.69 Å². The summed E-state index contributed by atoms with van der Waals surface area (Å²) in [5.41, 5.74) is 6.90. The summed E-state index contributed by atoms with van der Waals surface area (Å²) in [5.74, 6) is -5.31. The van der Waals surface area contributed by atoms with Crippen LogP contribution in [0.15, 0.2) is 59.9 Å². The zero-order chi connectivity index (χ0) is 26.1. The maximum absolute atomic E-state index is 13.9. The number of amides is 1. The summed E-state index contributed by atoms with van der Waals surface area (Å²) >= 11 is 6.22. The summed E-state index contributed by atoms with van der Waals surface area (Å²) < 4.78 is 49.3. The molecule has 0 bridgehead atoms. The molecule has 0 aliphatic heterocycles. The van der Waals surface area contributed by atoms with Crippen LogP contribution in [0.3, 0.4) is 0 Å². The first-order valence-electron chi connectivity index (χ1n) is 10.6. The SMILES string of the molecule is COc1cc(Cc2cc(Cl)cn(C(C(N)=O)c3cc(F)c(F)c(F)c3)c2=O)ccc1-n1cnc(C)c1. The van der Waals surface area contributed by atoms with Crippen molar-refractivity contribution in [3.8, 4) is 11.4 Å². The number of nitrogens with two attached hydrogens (primary N) is 1. The molecule has 0 saturated carbocycles. The van der Waals surface area contributed by atoms with Crippen LogP contribution in [-0.4, -0.2) is 27.1 Å². The normalized spacial score (nSPS) is 11.9. The zero-order valence-electron chi connectivity index (χ0n) is 19.1. The molecule has 4 rings (SSSR count). The molecule has 0 spiro atoms. The van der Waals surface area contributed by atoms with Gasteiger partial charge in [0.1, 0.15) is 11.8 Å². The van der Waals surface area contributed by atoms with Gasteiger partial charge in [0.15, 0.2) is 17.5 Å². The highest BCUT2D eigenvalue weighted by molar-refractivity contribution is 6.30. The van der Waals surface area contributed by atoms with Crippen LogP contribution in [0.5, 0.6) is 5.75 Å². The fourth-order valence-electron chi connectivity index (χ4n) is 3.95. The lowest BCUT2D eigenvalue weighted by Crippen LogP contribution is -2.36. The average molecular weight is 517 g/mol. The van der Waals surface area contributed by atoms with Crippen LogP contribution in [0.2, 0.25) is 5.02 Å². The molecule has 2 heterocycles. The van der Waals surface area contributed by atoms with Crippen molar-refractivity contribution in [3.05, 3.63) is 110 Å². The smallest absolute Gasteiger partial charge is 0.255 e. The third kappa shape index (κ3) is 4.85. The number of methoxy groups -OCH3 is 1. The van der Waals surface area contributed by atoms with E-state index in [2.05, 4.69) is 4.98 Å². The molecule has 1 unspecified atom stereocenters. The predicted octanol–water partition coefficient (Wildman–Crippen LogP) is 4.09. The van der Waals surface area contributed by atoms with Crippen LogP contribution < -0.4 is 16.0 Å².